The van der Waals surface area contributed by atoms with Crippen molar-refractivity contribution in [3.05, 3.63) is 35.8 Å². The maximum absolute atomic E-state index is 14.9. The van der Waals surface area contributed by atoms with Gasteiger partial charge in [-0.3, -0.25) is 4.79 Å². The van der Waals surface area contributed by atoms with Gasteiger partial charge in [0.15, 0.2) is 0 Å². The molecule has 0 bridgehead atoms. The second kappa shape index (κ2) is 7.94. The number of ether oxygens (including phenoxy) is 2. The van der Waals surface area contributed by atoms with E-state index in [0.717, 1.165) is 12.0 Å². The van der Waals surface area contributed by atoms with Gasteiger partial charge in [-0.1, -0.05) is 20.8 Å². The number of aromatic nitrogens is 1. The van der Waals surface area contributed by atoms with Crippen LogP contribution in [0.1, 0.15) is 39.7 Å². The lowest BCUT2D eigenvalue weighted by molar-refractivity contribution is -0.114. The standard InChI is InChI=1S/C21H25FN2O3/c1-12(2)5-13(3)10-26-16-6-18(22)21-17-8-20(24-14(4)25)23-9-15(17)11-27-19(21)7-16/h6-9,12-13H,5,10-11H2,1-4H3,(H,23,24,25)/t13-/m1/s1. The van der Waals surface area contributed by atoms with Crippen LogP contribution in [0.2, 0.25) is 0 Å². The van der Waals surface area contributed by atoms with Gasteiger partial charge in [-0.05, 0) is 24.3 Å². The van der Waals surface area contributed by atoms with Crippen molar-refractivity contribution in [3.8, 4) is 22.6 Å². The minimum atomic E-state index is -0.417. The topological polar surface area (TPSA) is 60.5 Å². The first-order valence-corrected chi connectivity index (χ1v) is 9.19. The number of nitrogens with zero attached hydrogens (tertiary/aromatic N) is 1. The quantitative estimate of drug-likeness (QED) is 0.791. The van der Waals surface area contributed by atoms with Gasteiger partial charge in [0, 0.05) is 36.4 Å². The Kier molecular flexibility index (Phi) is 5.63. The summed E-state index contributed by atoms with van der Waals surface area (Å²) in [6, 6.07) is 4.78. The van der Waals surface area contributed by atoms with Crippen molar-refractivity contribution in [1.29, 1.82) is 0 Å². The van der Waals surface area contributed by atoms with E-state index in [1.54, 1.807) is 18.3 Å². The molecule has 1 atom stereocenters. The van der Waals surface area contributed by atoms with E-state index in [0.29, 0.717) is 53.5 Å². The van der Waals surface area contributed by atoms with E-state index in [1.807, 2.05) is 0 Å². The maximum atomic E-state index is 14.9. The third-order valence-electron chi connectivity index (χ3n) is 4.38. The van der Waals surface area contributed by atoms with Crippen LogP contribution in [0, 0.1) is 17.7 Å². The Balaban J connectivity index is 1.85. The zero-order chi connectivity index (χ0) is 19.6. The van der Waals surface area contributed by atoms with Gasteiger partial charge in [-0.15, -0.1) is 0 Å². The Morgan fingerprint density at radius 1 is 1.33 bits per heavy atom. The third kappa shape index (κ3) is 4.56. The van der Waals surface area contributed by atoms with Crippen molar-refractivity contribution in [2.75, 3.05) is 11.9 Å². The molecule has 27 heavy (non-hydrogen) atoms. The molecule has 0 spiro atoms. The highest BCUT2D eigenvalue weighted by Crippen LogP contribution is 2.42. The van der Waals surface area contributed by atoms with Gasteiger partial charge in [0.1, 0.15) is 29.7 Å². The lowest BCUT2D eigenvalue weighted by Gasteiger charge is -2.23. The zero-order valence-corrected chi connectivity index (χ0v) is 16.1. The molecule has 2 aromatic rings. The minimum absolute atomic E-state index is 0.227. The molecular weight excluding hydrogens is 347 g/mol. The SMILES string of the molecule is CC(=O)Nc1cc2c(cn1)COc1cc(OC[C@H](C)CC(C)C)cc(F)c1-2. The smallest absolute Gasteiger partial charge is 0.222 e. The summed E-state index contributed by atoms with van der Waals surface area (Å²) in [4.78, 5) is 15.4. The summed E-state index contributed by atoms with van der Waals surface area (Å²) < 4.78 is 26.4. The average molecular weight is 372 g/mol. The van der Waals surface area contributed by atoms with Crippen LogP contribution in [-0.2, 0) is 11.4 Å². The molecule has 1 aliphatic heterocycles. The molecule has 0 aliphatic carbocycles. The monoisotopic (exact) mass is 372 g/mol. The number of carbonyl (C=O) groups is 1. The number of hydrogen-bond donors (Lipinski definition) is 1. The van der Waals surface area contributed by atoms with Gasteiger partial charge < -0.3 is 14.8 Å². The fraction of sp³-hybridized carbons (Fsp3) is 0.429. The van der Waals surface area contributed by atoms with Gasteiger partial charge in [-0.25, -0.2) is 9.37 Å². The summed E-state index contributed by atoms with van der Waals surface area (Å²) in [6.07, 6.45) is 2.65. The number of rotatable bonds is 6. The average Bonchev–Trinajstić information content (AvgIpc) is 2.58. The van der Waals surface area contributed by atoms with Crippen LogP contribution >= 0.6 is 0 Å². The predicted molar refractivity (Wildman–Crippen MR) is 102 cm³/mol. The first-order chi connectivity index (χ1) is 12.8. The van der Waals surface area contributed by atoms with Crippen LogP contribution in [0.25, 0.3) is 11.1 Å². The Hall–Kier alpha value is -2.63. The van der Waals surface area contributed by atoms with Gasteiger partial charge >= 0.3 is 0 Å². The highest BCUT2D eigenvalue weighted by molar-refractivity contribution is 5.89. The minimum Gasteiger partial charge on any atom is -0.493 e. The first kappa shape index (κ1) is 19.1. The molecule has 2 heterocycles. The van der Waals surface area contributed by atoms with Gasteiger partial charge in [0.25, 0.3) is 0 Å². The molecule has 5 nitrogen and oxygen atoms in total. The molecule has 0 unspecified atom stereocenters. The van der Waals surface area contributed by atoms with Crippen molar-refractivity contribution in [1.82, 2.24) is 4.98 Å². The summed E-state index contributed by atoms with van der Waals surface area (Å²) in [5.74, 6) is 1.62. The highest BCUT2D eigenvalue weighted by atomic mass is 19.1. The van der Waals surface area contributed by atoms with Crippen LogP contribution in [0.5, 0.6) is 11.5 Å². The van der Waals surface area contributed by atoms with Gasteiger partial charge in [-0.2, -0.15) is 0 Å². The van der Waals surface area contributed by atoms with Crippen LogP contribution in [0.3, 0.4) is 0 Å². The number of carbonyl (C=O) groups excluding carboxylic acids is 1. The van der Waals surface area contributed by atoms with Crippen molar-refractivity contribution < 1.29 is 18.7 Å². The molecule has 1 aromatic carbocycles. The third-order valence-corrected chi connectivity index (χ3v) is 4.38. The van der Waals surface area contributed by atoms with Crippen molar-refractivity contribution in [3.63, 3.8) is 0 Å². The van der Waals surface area contributed by atoms with E-state index in [9.17, 15) is 9.18 Å². The number of hydrogen-bond acceptors (Lipinski definition) is 4. The molecule has 0 fully saturated rings. The Bertz CT molecular complexity index is 852. The van der Waals surface area contributed by atoms with Gasteiger partial charge in [0.2, 0.25) is 5.91 Å². The molecule has 144 valence electrons. The molecule has 1 amide bonds. The van der Waals surface area contributed by atoms with Gasteiger partial charge in [0.05, 0.1) is 12.2 Å². The molecule has 0 saturated heterocycles. The largest absolute Gasteiger partial charge is 0.493 e. The maximum Gasteiger partial charge on any atom is 0.222 e. The Morgan fingerprint density at radius 2 is 2.11 bits per heavy atom. The number of pyridine rings is 1. The summed E-state index contributed by atoms with van der Waals surface area (Å²) >= 11 is 0. The fourth-order valence-corrected chi connectivity index (χ4v) is 3.36. The molecule has 1 aromatic heterocycles. The van der Waals surface area contributed by atoms with E-state index in [1.165, 1.54) is 13.0 Å². The lowest BCUT2D eigenvalue weighted by atomic mass is 9.97. The number of fused-ring (bicyclic) bond motifs is 3. The van der Waals surface area contributed by atoms with Crippen molar-refractivity contribution in [2.45, 2.75) is 40.7 Å². The summed E-state index contributed by atoms with van der Waals surface area (Å²) in [6.45, 7) is 8.70. The lowest BCUT2D eigenvalue weighted by Crippen LogP contribution is -2.13. The first-order valence-electron chi connectivity index (χ1n) is 9.19. The van der Waals surface area contributed by atoms with Crippen LogP contribution in [0.15, 0.2) is 24.4 Å². The van der Waals surface area contributed by atoms with Crippen LogP contribution in [0.4, 0.5) is 10.2 Å². The molecular formula is C21H25FN2O3. The molecule has 0 saturated carbocycles. The van der Waals surface area contributed by atoms with E-state index in [4.69, 9.17) is 9.47 Å². The van der Waals surface area contributed by atoms with E-state index >= 15 is 0 Å². The molecule has 6 heteroatoms. The second-order valence-corrected chi connectivity index (χ2v) is 7.52. The van der Waals surface area contributed by atoms with Crippen LogP contribution < -0.4 is 14.8 Å². The predicted octanol–water partition coefficient (Wildman–Crippen LogP) is 4.80. The second-order valence-electron chi connectivity index (χ2n) is 7.52. The summed E-state index contributed by atoms with van der Waals surface area (Å²) in [7, 11) is 0. The number of amides is 1. The summed E-state index contributed by atoms with van der Waals surface area (Å²) in [5, 5.41) is 2.63. The molecule has 1 aliphatic rings. The normalized spacial score (nSPS) is 13.4. The number of anilines is 1. The van der Waals surface area contributed by atoms with Crippen LogP contribution in [-0.4, -0.2) is 17.5 Å². The number of nitrogens with one attached hydrogen (secondary N) is 1. The Morgan fingerprint density at radius 3 is 2.81 bits per heavy atom. The fourth-order valence-electron chi connectivity index (χ4n) is 3.36. The molecule has 0 radical (unpaired) electrons. The summed E-state index contributed by atoms with van der Waals surface area (Å²) in [5.41, 5.74) is 1.81. The zero-order valence-electron chi connectivity index (χ0n) is 16.1. The van der Waals surface area contributed by atoms with E-state index in [-0.39, 0.29) is 5.91 Å². The van der Waals surface area contributed by atoms with E-state index < -0.39 is 5.82 Å². The number of benzene rings is 1. The number of halogens is 1. The molecule has 3 rings (SSSR count). The molecule has 1 N–H and O–H groups in total. The van der Waals surface area contributed by atoms with Crippen molar-refractivity contribution >= 4 is 11.7 Å². The van der Waals surface area contributed by atoms with E-state index in [2.05, 4.69) is 31.1 Å². The Labute approximate surface area is 158 Å². The van der Waals surface area contributed by atoms with Crippen molar-refractivity contribution in [2.24, 2.45) is 11.8 Å². The highest BCUT2D eigenvalue weighted by Gasteiger charge is 2.23.